The van der Waals surface area contributed by atoms with E-state index < -0.39 is 0 Å². The van der Waals surface area contributed by atoms with Gasteiger partial charge in [0.1, 0.15) is 6.10 Å². The molecule has 1 aliphatic rings. The highest BCUT2D eigenvalue weighted by Gasteiger charge is 2.17. The van der Waals surface area contributed by atoms with E-state index >= 15 is 0 Å². The minimum absolute atomic E-state index is 0.204. The Balaban J connectivity index is 1.65. The number of hydrogen-bond acceptors (Lipinski definition) is 5. The van der Waals surface area contributed by atoms with Crippen molar-refractivity contribution >= 4 is 11.2 Å². The molecule has 3 aromatic heterocycles. The molecule has 4 heterocycles. The Morgan fingerprint density at radius 2 is 2.10 bits per heavy atom. The molecule has 0 bridgehead atoms. The molecule has 4 rings (SSSR count). The summed E-state index contributed by atoms with van der Waals surface area (Å²) in [4.78, 5) is 9.42. The van der Waals surface area contributed by atoms with E-state index in [0.717, 1.165) is 59.7 Å². The van der Waals surface area contributed by atoms with Crippen LogP contribution < -0.4 is 10.1 Å². The fraction of sp³-hybridized carbons (Fsp3) is 0.292. The minimum Gasteiger partial charge on any atom is -0.474 e. The van der Waals surface area contributed by atoms with Crippen molar-refractivity contribution < 1.29 is 4.74 Å². The van der Waals surface area contributed by atoms with E-state index in [-0.39, 0.29) is 6.10 Å². The van der Waals surface area contributed by atoms with Crippen LogP contribution in [0.2, 0.25) is 0 Å². The van der Waals surface area contributed by atoms with Gasteiger partial charge in [0.15, 0.2) is 5.65 Å². The molecule has 30 heavy (non-hydrogen) atoms. The van der Waals surface area contributed by atoms with E-state index in [9.17, 15) is 0 Å². The molecule has 1 saturated heterocycles. The maximum atomic E-state index is 6.18. The van der Waals surface area contributed by atoms with E-state index in [2.05, 4.69) is 28.0 Å². The van der Waals surface area contributed by atoms with E-state index in [1.165, 1.54) is 0 Å². The standard InChI is InChI=1S/C24H27N5O/c1-4-6-7-18(5-2)22-9-8-19(15-26-22)21-16-27-29-17(3)14-23(28-24(21)29)30-20-10-12-25-13-11-20/h4-9,14-16,20,25H,1,10-13H2,2-3H3/b7-6-,18-5+. The van der Waals surface area contributed by atoms with Crippen LogP contribution >= 0.6 is 0 Å². The first kappa shape index (κ1) is 20.0. The highest BCUT2D eigenvalue weighted by Crippen LogP contribution is 2.27. The molecule has 0 aliphatic carbocycles. The number of fused-ring (bicyclic) bond motifs is 1. The van der Waals surface area contributed by atoms with Gasteiger partial charge in [0.25, 0.3) is 0 Å². The fourth-order valence-electron chi connectivity index (χ4n) is 3.66. The number of piperidine rings is 1. The Hall–Kier alpha value is -3.25. The Morgan fingerprint density at radius 3 is 2.80 bits per heavy atom. The maximum absolute atomic E-state index is 6.18. The first-order valence-electron chi connectivity index (χ1n) is 10.3. The van der Waals surface area contributed by atoms with Crippen LogP contribution in [0.1, 0.15) is 31.2 Å². The molecule has 1 N–H and O–H groups in total. The van der Waals surface area contributed by atoms with Gasteiger partial charge in [-0.25, -0.2) is 4.52 Å². The molecule has 6 nitrogen and oxygen atoms in total. The van der Waals surface area contributed by atoms with Gasteiger partial charge < -0.3 is 10.1 Å². The number of nitrogens with zero attached hydrogens (tertiary/aromatic N) is 4. The van der Waals surface area contributed by atoms with Gasteiger partial charge in [0.05, 0.1) is 11.9 Å². The SMILES string of the molecule is C=C/C=C\C(=C/C)c1ccc(-c2cnn3c(C)cc(OC4CCNCC4)nc23)cn1. The fourth-order valence-corrected chi connectivity index (χ4v) is 3.66. The number of hydrogen-bond donors (Lipinski definition) is 1. The summed E-state index contributed by atoms with van der Waals surface area (Å²) in [5, 5.41) is 7.89. The molecular formula is C24H27N5O. The number of aryl methyl sites for hydroxylation is 1. The van der Waals surface area contributed by atoms with Crippen molar-refractivity contribution in [2.24, 2.45) is 0 Å². The average molecular weight is 402 g/mol. The number of pyridine rings is 1. The lowest BCUT2D eigenvalue weighted by molar-refractivity contribution is 0.156. The van der Waals surface area contributed by atoms with Gasteiger partial charge in [-0.05, 0) is 51.4 Å². The summed E-state index contributed by atoms with van der Waals surface area (Å²) in [6.07, 6.45) is 13.6. The van der Waals surface area contributed by atoms with Crippen LogP contribution in [0.4, 0.5) is 0 Å². The highest BCUT2D eigenvalue weighted by atomic mass is 16.5. The van der Waals surface area contributed by atoms with E-state index in [4.69, 9.17) is 9.72 Å². The van der Waals surface area contributed by atoms with Crippen LogP contribution in [-0.4, -0.2) is 38.8 Å². The molecule has 0 amide bonds. The normalized spacial score (nSPS) is 15.7. The monoisotopic (exact) mass is 401 g/mol. The van der Waals surface area contributed by atoms with Crippen LogP contribution in [0.5, 0.6) is 5.88 Å². The van der Waals surface area contributed by atoms with Crippen LogP contribution in [-0.2, 0) is 0 Å². The second-order valence-electron chi connectivity index (χ2n) is 7.37. The summed E-state index contributed by atoms with van der Waals surface area (Å²) in [5.41, 5.74) is 5.65. The van der Waals surface area contributed by atoms with Gasteiger partial charge in [-0.3, -0.25) is 4.98 Å². The van der Waals surface area contributed by atoms with Crippen molar-refractivity contribution in [1.82, 2.24) is 24.9 Å². The number of allylic oxidation sites excluding steroid dienone is 5. The molecule has 3 aromatic rings. The topological polar surface area (TPSA) is 64.3 Å². The molecule has 6 heteroatoms. The number of aromatic nitrogens is 4. The van der Waals surface area contributed by atoms with Gasteiger partial charge in [-0.1, -0.05) is 36.9 Å². The zero-order chi connectivity index (χ0) is 20.9. The molecule has 0 atom stereocenters. The van der Waals surface area contributed by atoms with Crippen molar-refractivity contribution in [1.29, 1.82) is 0 Å². The summed E-state index contributed by atoms with van der Waals surface area (Å²) < 4.78 is 8.03. The second kappa shape index (κ2) is 9.05. The zero-order valence-corrected chi connectivity index (χ0v) is 17.5. The Kier molecular flexibility index (Phi) is 6.05. The average Bonchev–Trinajstić information content (AvgIpc) is 3.20. The van der Waals surface area contributed by atoms with Gasteiger partial charge in [0.2, 0.25) is 5.88 Å². The van der Waals surface area contributed by atoms with Gasteiger partial charge in [0, 0.05) is 29.1 Å². The molecule has 1 aliphatic heterocycles. The Morgan fingerprint density at radius 1 is 1.27 bits per heavy atom. The molecule has 0 spiro atoms. The molecule has 0 unspecified atom stereocenters. The van der Waals surface area contributed by atoms with Crippen LogP contribution in [0.3, 0.4) is 0 Å². The minimum atomic E-state index is 0.204. The third kappa shape index (κ3) is 4.19. The van der Waals surface area contributed by atoms with Crippen LogP contribution in [0.25, 0.3) is 22.3 Å². The van der Waals surface area contributed by atoms with Crippen LogP contribution in [0.15, 0.2) is 61.5 Å². The lowest BCUT2D eigenvalue weighted by Crippen LogP contribution is -2.34. The smallest absolute Gasteiger partial charge is 0.217 e. The van der Waals surface area contributed by atoms with Crippen molar-refractivity contribution in [3.05, 3.63) is 72.9 Å². The summed E-state index contributed by atoms with van der Waals surface area (Å²) in [6, 6.07) is 6.03. The second-order valence-corrected chi connectivity index (χ2v) is 7.37. The predicted octanol–water partition coefficient (Wildman–Crippen LogP) is 4.38. The first-order valence-corrected chi connectivity index (χ1v) is 10.3. The van der Waals surface area contributed by atoms with Gasteiger partial charge in [-0.2, -0.15) is 10.1 Å². The molecule has 0 saturated carbocycles. The molecule has 0 radical (unpaired) electrons. The third-order valence-electron chi connectivity index (χ3n) is 5.29. The van der Waals surface area contributed by atoms with E-state index in [1.54, 1.807) is 6.08 Å². The molecule has 1 fully saturated rings. The first-order chi connectivity index (χ1) is 14.7. The van der Waals surface area contributed by atoms with Crippen molar-refractivity contribution in [2.45, 2.75) is 32.8 Å². The summed E-state index contributed by atoms with van der Waals surface area (Å²) in [7, 11) is 0. The Bertz CT molecular complexity index is 1090. The summed E-state index contributed by atoms with van der Waals surface area (Å²) in [6.45, 7) is 9.71. The highest BCUT2D eigenvalue weighted by molar-refractivity contribution is 5.78. The number of nitrogens with one attached hydrogen (secondary N) is 1. The molecule has 154 valence electrons. The molecular weight excluding hydrogens is 374 g/mol. The summed E-state index contributed by atoms with van der Waals surface area (Å²) >= 11 is 0. The molecule has 0 aromatic carbocycles. The largest absolute Gasteiger partial charge is 0.474 e. The zero-order valence-electron chi connectivity index (χ0n) is 17.5. The van der Waals surface area contributed by atoms with Crippen molar-refractivity contribution in [3.63, 3.8) is 0 Å². The number of rotatable bonds is 6. The van der Waals surface area contributed by atoms with Crippen molar-refractivity contribution in [3.8, 4) is 17.0 Å². The predicted molar refractivity (Wildman–Crippen MR) is 120 cm³/mol. The van der Waals surface area contributed by atoms with Crippen LogP contribution in [0, 0.1) is 6.92 Å². The quantitative estimate of drug-likeness (QED) is 0.621. The lowest BCUT2D eigenvalue weighted by Gasteiger charge is -2.23. The van der Waals surface area contributed by atoms with Gasteiger partial charge >= 0.3 is 0 Å². The third-order valence-corrected chi connectivity index (χ3v) is 5.29. The lowest BCUT2D eigenvalue weighted by atomic mass is 10.1. The van der Waals surface area contributed by atoms with Gasteiger partial charge in [-0.15, -0.1) is 0 Å². The number of ether oxygens (including phenoxy) is 1. The summed E-state index contributed by atoms with van der Waals surface area (Å²) in [5.74, 6) is 0.656. The maximum Gasteiger partial charge on any atom is 0.217 e. The van der Waals surface area contributed by atoms with E-state index in [0.29, 0.717) is 5.88 Å². The van der Waals surface area contributed by atoms with E-state index in [1.807, 2.05) is 61.1 Å². The van der Waals surface area contributed by atoms with Crippen molar-refractivity contribution in [2.75, 3.05) is 13.1 Å². The Labute approximate surface area is 177 Å².